The fourth-order valence-electron chi connectivity index (χ4n) is 2.06. The van der Waals surface area contributed by atoms with E-state index in [2.05, 4.69) is 20.4 Å². The van der Waals surface area contributed by atoms with E-state index in [0.29, 0.717) is 6.54 Å². The molecule has 140 valence electrons. The predicted octanol–water partition coefficient (Wildman–Crippen LogP) is 1.81. The van der Waals surface area contributed by atoms with Crippen LogP contribution in [-0.2, 0) is 18.4 Å². The summed E-state index contributed by atoms with van der Waals surface area (Å²) in [5, 5.41) is 12.0. The smallest absolute Gasteiger partial charge is 0.244 e. The first-order valence-electron chi connectivity index (χ1n) is 8.25. The van der Waals surface area contributed by atoms with Crippen molar-refractivity contribution in [2.24, 2.45) is 7.05 Å². The van der Waals surface area contributed by atoms with Crippen molar-refractivity contribution in [1.29, 1.82) is 0 Å². The van der Waals surface area contributed by atoms with E-state index >= 15 is 0 Å². The third-order valence-electron chi connectivity index (χ3n) is 3.66. The van der Waals surface area contributed by atoms with Crippen molar-refractivity contribution in [2.75, 3.05) is 33.5 Å². The molecule has 0 spiro atoms. The van der Waals surface area contributed by atoms with Crippen molar-refractivity contribution in [2.45, 2.75) is 11.7 Å². The molecule has 7 nitrogen and oxygen atoms in total. The molecule has 0 aliphatic heterocycles. The molecule has 1 aromatic heterocycles. The van der Waals surface area contributed by atoms with Crippen LogP contribution in [0.3, 0.4) is 0 Å². The molecule has 1 N–H and O–H groups in total. The molecule has 2 aromatic rings. The number of benzene rings is 1. The highest BCUT2D eigenvalue weighted by Crippen LogP contribution is 2.15. The Labute approximate surface area is 158 Å². The van der Waals surface area contributed by atoms with Crippen LogP contribution in [0.15, 0.2) is 35.5 Å². The van der Waals surface area contributed by atoms with Gasteiger partial charge in [-0.3, -0.25) is 4.79 Å². The number of nitrogens with zero attached hydrogens (tertiary/aromatic N) is 4. The number of carbonyl (C=O) groups is 1. The summed E-state index contributed by atoms with van der Waals surface area (Å²) in [7, 11) is 7.61. The molecular weight excluding hydrogens is 350 g/mol. The van der Waals surface area contributed by atoms with Gasteiger partial charge in [-0.15, -0.1) is 10.2 Å². The highest BCUT2D eigenvalue weighted by Gasteiger charge is 2.09. The van der Waals surface area contributed by atoms with Crippen LogP contribution < -0.4 is 10.1 Å². The minimum atomic E-state index is -0.175. The lowest BCUT2D eigenvalue weighted by molar-refractivity contribution is -0.116. The average molecular weight is 375 g/mol. The van der Waals surface area contributed by atoms with E-state index in [9.17, 15) is 4.79 Å². The van der Waals surface area contributed by atoms with E-state index < -0.39 is 0 Å². The fraction of sp³-hybridized carbons (Fsp3) is 0.389. The molecular formula is C18H25N5O2S. The molecule has 1 heterocycles. The van der Waals surface area contributed by atoms with E-state index in [4.69, 9.17) is 4.74 Å². The number of nitrogens with one attached hydrogen (secondary N) is 1. The number of hydrogen-bond acceptors (Lipinski definition) is 6. The zero-order valence-electron chi connectivity index (χ0n) is 15.6. The predicted molar refractivity (Wildman–Crippen MR) is 104 cm³/mol. The van der Waals surface area contributed by atoms with Gasteiger partial charge in [0.1, 0.15) is 5.75 Å². The second-order valence-corrected chi connectivity index (χ2v) is 7.00. The lowest BCUT2D eigenvalue weighted by atomic mass is 10.2. The number of thioether (sulfide) groups is 1. The zero-order chi connectivity index (χ0) is 18.9. The minimum Gasteiger partial charge on any atom is -0.497 e. The normalized spacial score (nSPS) is 11.3. The molecule has 0 aliphatic rings. The summed E-state index contributed by atoms with van der Waals surface area (Å²) in [6, 6.07) is 7.49. The summed E-state index contributed by atoms with van der Waals surface area (Å²) in [4.78, 5) is 14.1. The maximum atomic E-state index is 12.0. The molecule has 0 atom stereocenters. The Balaban J connectivity index is 1.83. The third-order valence-corrected chi connectivity index (χ3v) is 4.66. The second kappa shape index (κ2) is 9.98. The average Bonchev–Trinajstić information content (AvgIpc) is 2.98. The van der Waals surface area contributed by atoms with Crippen molar-refractivity contribution in [3.63, 3.8) is 0 Å². The Hall–Kier alpha value is -2.32. The summed E-state index contributed by atoms with van der Waals surface area (Å²) in [5.74, 6) is 2.28. The minimum absolute atomic E-state index is 0.175. The number of amides is 1. The van der Waals surface area contributed by atoms with Gasteiger partial charge in [0.25, 0.3) is 0 Å². The number of methoxy groups -OCH3 is 1. The van der Waals surface area contributed by atoms with Crippen molar-refractivity contribution >= 4 is 23.7 Å². The first kappa shape index (κ1) is 20.0. The summed E-state index contributed by atoms with van der Waals surface area (Å²) in [5.41, 5.74) is 0.930. The van der Waals surface area contributed by atoms with Gasteiger partial charge in [-0.05, 0) is 37.9 Å². The standard InChI is InChI=1S/C18H25N5O2S/c1-22(2)11-12-26-18-21-20-16(23(18)3)13-19-17(24)10-7-14-5-8-15(25-4)9-6-14/h5-10H,11-13H2,1-4H3,(H,19,24). The van der Waals surface area contributed by atoms with Crippen LogP contribution >= 0.6 is 11.8 Å². The van der Waals surface area contributed by atoms with E-state index in [1.165, 1.54) is 6.08 Å². The van der Waals surface area contributed by atoms with Crippen LogP contribution in [0.2, 0.25) is 0 Å². The molecule has 2 rings (SSSR count). The van der Waals surface area contributed by atoms with Crippen molar-refractivity contribution in [1.82, 2.24) is 25.0 Å². The number of aromatic nitrogens is 3. The van der Waals surface area contributed by atoms with Gasteiger partial charge >= 0.3 is 0 Å². The maximum absolute atomic E-state index is 12.0. The van der Waals surface area contributed by atoms with Gasteiger partial charge in [0.2, 0.25) is 5.91 Å². The molecule has 1 amide bonds. The van der Waals surface area contributed by atoms with Crippen molar-refractivity contribution in [3.05, 3.63) is 41.7 Å². The largest absolute Gasteiger partial charge is 0.497 e. The molecule has 0 radical (unpaired) electrons. The van der Waals surface area contributed by atoms with Crippen molar-refractivity contribution < 1.29 is 9.53 Å². The highest BCUT2D eigenvalue weighted by molar-refractivity contribution is 7.99. The molecule has 0 saturated carbocycles. The molecule has 26 heavy (non-hydrogen) atoms. The van der Waals surface area contributed by atoms with E-state index in [0.717, 1.165) is 34.6 Å². The van der Waals surface area contributed by atoms with Crippen LogP contribution in [-0.4, -0.2) is 59.1 Å². The Morgan fingerprint density at radius 3 is 2.69 bits per heavy atom. The second-order valence-electron chi connectivity index (χ2n) is 5.93. The molecule has 0 fully saturated rings. The van der Waals surface area contributed by atoms with Crippen molar-refractivity contribution in [3.8, 4) is 5.75 Å². The van der Waals surface area contributed by atoms with Crippen LogP contribution in [0.1, 0.15) is 11.4 Å². The summed E-state index contributed by atoms with van der Waals surface area (Å²) in [6.07, 6.45) is 3.26. The van der Waals surface area contributed by atoms with Gasteiger partial charge in [-0.2, -0.15) is 0 Å². The molecule has 0 saturated heterocycles. The molecule has 0 bridgehead atoms. The monoisotopic (exact) mass is 375 g/mol. The van der Waals surface area contributed by atoms with Crippen LogP contribution in [0.5, 0.6) is 5.75 Å². The highest BCUT2D eigenvalue weighted by atomic mass is 32.2. The zero-order valence-corrected chi connectivity index (χ0v) is 16.4. The van der Waals surface area contributed by atoms with E-state index in [1.807, 2.05) is 50.0 Å². The quantitative estimate of drug-likeness (QED) is 0.532. The molecule has 0 aliphatic carbocycles. The first-order chi connectivity index (χ1) is 12.5. The van der Waals surface area contributed by atoms with Gasteiger partial charge < -0.3 is 19.5 Å². The van der Waals surface area contributed by atoms with E-state index in [-0.39, 0.29) is 5.91 Å². The Kier molecular flexibility index (Phi) is 7.68. The fourth-order valence-corrected chi connectivity index (χ4v) is 3.09. The first-order valence-corrected chi connectivity index (χ1v) is 9.24. The molecule has 8 heteroatoms. The number of carbonyl (C=O) groups excluding carboxylic acids is 1. The number of ether oxygens (including phenoxy) is 1. The van der Waals surface area contributed by atoms with Gasteiger partial charge in [-0.1, -0.05) is 23.9 Å². The number of hydrogen-bond donors (Lipinski definition) is 1. The maximum Gasteiger partial charge on any atom is 0.244 e. The van der Waals surface area contributed by atoms with Gasteiger partial charge in [0, 0.05) is 25.4 Å². The van der Waals surface area contributed by atoms with E-state index in [1.54, 1.807) is 24.9 Å². The summed E-state index contributed by atoms with van der Waals surface area (Å²) in [6.45, 7) is 1.31. The van der Waals surface area contributed by atoms with Gasteiger partial charge in [0.15, 0.2) is 11.0 Å². The molecule has 1 aromatic carbocycles. The lowest BCUT2D eigenvalue weighted by Crippen LogP contribution is -2.22. The summed E-state index contributed by atoms with van der Waals surface area (Å²) < 4.78 is 7.02. The Morgan fingerprint density at radius 2 is 2.04 bits per heavy atom. The third kappa shape index (κ3) is 6.20. The molecule has 0 unspecified atom stereocenters. The van der Waals surface area contributed by atoms with Crippen LogP contribution in [0.4, 0.5) is 0 Å². The van der Waals surface area contributed by atoms with Gasteiger partial charge in [0.05, 0.1) is 13.7 Å². The SMILES string of the molecule is COc1ccc(C=CC(=O)NCc2nnc(SCCN(C)C)n2C)cc1. The Morgan fingerprint density at radius 1 is 1.31 bits per heavy atom. The van der Waals surface area contributed by atoms with Gasteiger partial charge in [-0.25, -0.2) is 0 Å². The topological polar surface area (TPSA) is 72.3 Å². The Bertz CT molecular complexity index is 741. The summed E-state index contributed by atoms with van der Waals surface area (Å²) >= 11 is 1.65. The number of rotatable bonds is 9. The lowest BCUT2D eigenvalue weighted by Gasteiger charge is -2.08. The van der Waals surface area contributed by atoms with Crippen LogP contribution in [0.25, 0.3) is 6.08 Å². The van der Waals surface area contributed by atoms with Crippen LogP contribution in [0, 0.1) is 0 Å².